The first-order chi connectivity index (χ1) is 8.25. The van der Waals surface area contributed by atoms with E-state index in [9.17, 15) is 0 Å². The number of ether oxygens (including phenoxy) is 1. The van der Waals surface area contributed by atoms with Gasteiger partial charge < -0.3 is 4.74 Å². The fourth-order valence-electron chi connectivity index (χ4n) is 1.17. The zero-order chi connectivity index (χ0) is 12.1. The molecule has 2 nitrogen and oxygen atoms in total. The summed E-state index contributed by atoms with van der Waals surface area (Å²) in [6.07, 6.45) is 3.50. The van der Waals surface area contributed by atoms with Gasteiger partial charge in [0.25, 0.3) is 0 Å². The van der Waals surface area contributed by atoms with E-state index in [1.165, 1.54) is 0 Å². The molecule has 5 heteroatoms. The van der Waals surface area contributed by atoms with Crippen LogP contribution in [-0.2, 0) is 0 Å². The Hall–Kier alpha value is -0.900. The fraction of sp³-hybridized carbons (Fsp3) is 0.0833. The minimum absolute atomic E-state index is 0.498. The van der Waals surface area contributed by atoms with Crippen molar-refractivity contribution in [2.24, 2.45) is 0 Å². The second-order valence-electron chi connectivity index (χ2n) is 3.17. The van der Waals surface area contributed by atoms with Gasteiger partial charge in [-0.1, -0.05) is 35.0 Å². The molecular weight excluding hydrogens is 277 g/mol. The molecule has 0 spiro atoms. The molecule has 0 amide bonds. The zero-order valence-electron chi connectivity index (χ0n) is 8.77. The van der Waals surface area contributed by atoms with E-state index in [-0.39, 0.29) is 0 Å². The lowest BCUT2D eigenvalue weighted by Crippen LogP contribution is -1.92. The Labute approximate surface area is 114 Å². The Morgan fingerprint density at radius 2 is 1.82 bits per heavy atom. The van der Waals surface area contributed by atoms with Crippen LogP contribution in [0.4, 0.5) is 0 Å². The lowest BCUT2D eigenvalue weighted by atomic mass is 10.3. The third-order valence-corrected chi connectivity index (χ3v) is 3.57. The van der Waals surface area contributed by atoms with Crippen LogP contribution in [0.15, 0.2) is 47.6 Å². The number of pyridine rings is 1. The maximum atomic E-state index is 5.88. The monoisotopic (exact) mass is 285 g/mol. The van der Waals surface area contributed by atoms with Gasteiger partial charge in [-0.15, -0.1) is 0 Å². The average molecular weight is 286 g/mol. The number of halogens is 2. The van der Waals surface area contributed by atoms with Gasteiger partial charge in [-0.3, -0.25) is 4.98 Å². The summed E-state index contributed by atoms with van der Waals surface area (Å²) in [5.41, 5.74) is 0. The molecule has 17 heavy (non-hydrogen) atoms. The Bertz CT molecular complexity index is 493. The standard InChI is InChI=1S/C12H9Cl2NOS/c13-11-2-1-9(7-12(11)14)16-8-17-10-3-5-15-6-4-10/h1-7H,8H2. The summed E-state index contributed by atoms with van der Waals surface area (Å²) >= 11 is 13.3. The maximum absolute atomic E-state index is 5.88. The third kappa shape index (κ3) is 3.80. The van der Waals surface area contributed by atoms with Crippen molar-refractivity contribution in [3.8, 4) is 5.75 Å². The Morgan fingerprint density at radius 1 is 1.06 bits per heavy atom. The van der Waals surface area contributed by atoms with E-state index in [1.54, 1.807) is 42.4 Å². The van der Waals surface area contributed by atoms with Gasteiger partial charge in [-0.05, 0) is 24.3 Å². The molecule has 0 saturated heterocycles. The summed E-state index contributed by atoms with van der Waals surface area (Å²) in [6, 6.07) is 9.08. The van der Waals surface area contributed by atoms with Gasteiger partial charge >= 0.3 is 0 Å². The van der Waals surface area contributed by atoms with E-state index in [4.69, 9.17) is 27.9 Å². The SMILES string of the molecule is Clc1ccc(OCSc2ccncc2)cc1Cl. The first-order valence-corrected chi connectivity index (χ1v) is 6.60. The zero-order valence-corrected chi connectivity index (χ0v) is 11.1. The Balaban J connectivity index is 1.88. The molecule has 1 heterocycles. The summed E-state index contributed by atoms with van der Waals surface area (Å²) in [7, 11) is 0. The van der Waals surface area contributed by atoms with Crippen molar-refractivity contribution < 1.29 is 4.74 Å². The smallest absolute Gasteiger partial charge is 0.138 e. The number of benzene rings is 1. The molecule has 1 aromatic heterocycles. The van der Waals surface area contributed by atoms with Crippen molar-refractivity contribution in [2.45, 2.75) is 4.90 Å². The van der Waals surface area contributed by atoms with Gasteiger partial charge in [-0.2, -0.15) is 0 Å². The number of nitrogens with zero attached hydrogens (tertiary/aromatic N) is 1. The molecule has 0 radical (unpaired) electrons. The normalized spacial score (nSPS) is 10.2. The molecule has 0 saturated carbocycles. The summed E-state index contributed by atoms with van der Waals surface area (Å²) in [4.78, 5) is 5.06. The molecule has 0 N–H and O–H groups in total. The van der Waals surface area contributed by atoms with Gasteiger partial charge in [0.05, 0.1) is 10.0 Å². The number of thioether (sulfide) groups is 1. The number of hydrogen-bond acceptors (Lipinski definition) is 3. The third-order valence-electron chi connectivity index (χ3n) is 1.99. The second kappa shape index (κ2) is 6.15. The predicted molar refractivity (Wildman–Crippen MR) is 72.1 cm³/mol. The number of aromatic nitrogens is 1. The summed E-state index contributed by atoms with van der Waals surface area (Å²) in [6.45, 7) is 0. The molecule has 1 aromatic carbocycles. The van der Waals surface area contributed by atoms with E-state index < -0.39 is 0 Å². The van der Waals surface area contributed by atoms with E-state index in [0.29, 0.717) is 21.7 Å². The minimum atomic E-state index is 0.498. The molecule has 0 unspecified atom stereocenters. The van der Waals surface area contributed by atoms with Crippen LogP contribution in [0.3, 0.4) is 0 Å². The van der Waals surface area contributed by atoms with Crippen molar-refractivity contribution >= 4 is 35.0 Å². The molecule has 0 fully saturated rings. The largest absolute Gasteiger partial charge is 0.483 e. The lowest BCUT2D eigenvalue weighted by molar-refractivity contribution is 0.393. The highest BCUT2D eigenvalue weighted by Gasteiger charge is 2.00. The second-order valence-corrected chi connectivity index (χ2v) is 4.98. The quantitative estimate of drug-likeness (QED) is 0.609. The highest BCUT2D eigenvalue weighted by Crippen LogP contribution is 2.27. The summed E-state index contributed by atoms with van der Waals surface area (Å²) in [5.74, 6) is 1.23. The van der Waals surface area contributed by atoms with Crippen LogP contribution in [0.25, 0.3) is 0 Å². The van der Waals surface area contributed by atoms with Crippen molar-refractivity contribution in [3.63, 3.8) is 0 Å². The highest BCUT2D eigenvalue weighted by atomic mass is 35.5. The molecule has 0 aliphatic carbocycles. The topological polar surface area (TPSA) is 22.1 Å². The van der Waals surface area contributed by atoms with Gasteiger partial charge in [-0.25, -0.2) is 0 Å². The predicted octanol–water partition coefficient (Wildman–Crippen LogP) is 4.52. The Morgan fingerprint density at radius 3 is 2.53 bits per heavy atom. The Kier molecular flexibility index (Phi) is 4.54. The van der Waals surface area contributed by atoms with Crippen LogP contribution in [-0.4, -0.2) is 10.9 Å². The van der Waals surface area contributed by atoms with Crippen LogP contribution < -0.4 is 4.74 Å². The molecule has 0 atom stereocenters. The molecule has 0 aliphatic rings. The van der Waals surface area contributed by atoms with Gasteiger partial charge in [0.1, 0.15) is 11.7 Å². The molecule has 0 aliphatic heterocycles. The van der Waals surface area contributed by atoms with Crippen LogP contribution in [0.2, 0.25) is 10.0 Å². The molecule has 2 rings (SSSR count). The molecule has 0 bridgehead atoms. The van der Waals surface area contributed by atoms with Crippen LogP contribution in [0, 0.1) is 0 Å². The van der Waals surface area contributed by atoms with Crippen molar-refractivity contribution in [3.05, 3.63) is 52.8 Å². The number of hydrogen-bond donors (Lipinski definition) is 0. The maximum Gasteiger partial charge on any atom is 0.138 e. The first-order valence-electron chi connectivity index (χ1n) is 4.86. The van der Waals surface area contributed by atoms with E-state index in [2.05, 4.69) is 4.98 Å². The van der Waals surface area contributed by atoms with Crippen LogP contribution in [0.1, 0.15) is 0 Å². The summed E-state index contributed by atoms with van der Waals surface area (Å²) in [5, 5.41) is 1.03. The van der Waals surface area contributed by atoms with Crippen LogP contribution >= 0.6 is 35.0 Å². The van der Waals surface area contributed by atoms with E-state index in [1.807, 2.05) is 12.1 Å². The van der Waals surface area contributed by atoms with Gasteiger partial charge in [0.15, 0.2) is 0 Å². The molecule has 2 aromatic rings. The summed E-state index contributed by atoms with van der Waals surface area (Å²) < 4.78 is 5.55. The van der Waals surface area contributed by atoms with Gasteiger partial charge in [0, 0.05) is 23.4 Å². The highest BCUT2D eigenvalue weighted by molar-refractivity contribution is 7.99. The minimum Gasteiger partial charge on any atom is -0.483 e. The van der Waals surface area contributed by atoms with Crippen molar-refractivity contribution in [2.75, 3.05) is 5.94 Å². The van der Waals surface area contributed by atoms with E-state index >= 15 is 0 Å². The molecule has 88 valence electrons. The van der Waals surface area contributed by atoms with E-state index in [0.717, 1.165) is 4.90 Å². The van der Waals surface area contributed by atoms with Gasteiger partial charge in [0.2, 0.25) is 0 Å². The lowest BCUT2D eigenvalue weighted by Gasteiger charge is -2.06. The molecular formula is C12H9Cl2NOS. The van der Waals surface area contributed by atoms with Crippen molar-refractivity contribution in [1.29, 1.82) is 0 Å². The fourth-order valence-corrected chi connectivity index (χ4v) is 2.10. The average Bonchev–Trinajstić information content (AvgIpc) is 2.35. The van der Waals surface area contributed by atoms with Crippen LogP contribution in [0.5, 0.6) is 5.75 Å². The van der Waals surface area contributed by atoms with Crippen molar-refractivity contribution in [1.82, 2.24) is 4.98 Å². The first kappa shape index (κ1) is 12.6. The number of rotatable bonds is 4.